The highest BCUT2D eigenvalue weighted by Crippen LogP contribution is 2.34. The molecule has 0 radical (unpaired) electrons. The Morgan fingerprint density at radius 1 is 0.934 bits per heavy atom. The number of amides is 8. The second-order valence-corrected chi connectivity index (χ2v) is 14.7. The van der Waals surface area contributed by atoms with Crippen LogP contribution in [0.1, 0.15) is 92.3 Å². The first-order valence-corrected chi connectivity index (χ1v) is 19.7. The third-order valence-electron chi connectivity index (χ3n) is 10.5. The molecule has 318 valence electrons. The van der Waals surface area contributed by atoms with E-state index < -0.39 is 71.2 Å². The number of benzene rings is 3. The van der Waals surface area contributed by atoms with Crippen LogP contribution in [0.5, 0.6) is 11.5 Å². The van der Waals surface area contributed by atoms with Crippen molar-refractivity contribution >= 4 is 58.7 Å². The molecule has 2 aliphatic heterocycles. The van der Waals surface area contributed by atoms with Crippen LogP contribution in [0.3, 0.4) is 0 Å². The molecule has 8 amide bonds. The van der Waals surface area contributed by atoms with E-state index in [1.807, 2.05) is 24.3 Å². The Labute approximate surface area is 349 Å². The van der Waals surface area contributed by atoms with Crippen LogP contribution in [0.15, 0.2) is 66.7 Å². The highest BCUT2D eigenvalue weighted by atomic mass is 16.5. The van der Waals surface area contributed by atoms with Crippen LogP contribution in [0.25, 0.3) is 5.76 Å². The van der Waals surface area contributed by atoms with Gasteiger partial charge in [-0.25, -0.2) is 0 Å². The molecule has 1 aliphatic carbocycles. The lowest BCUT2D eigenvalue weighted by Gasteiger charge is -2.27. The number of aliphatic hydroxyl groups is 1. The van der Waals surface area contributed by atoms with Crippen LogP contribution in [0.4, 0.5) is 0 Å². The molecular formula is C43H45N7O11. The Morgan fingerprint density at radius 2 is 1.70 bits per heavy atom. The maximum absolute atomic E-state index is 13.2. The third-order valence-corrected chi connectivity index (χ3v) is 10.5. The van der Waals surface area contributed by atoms with Crippen molar-refractivity contribution in [2.45, 2.75) is 57.0 Å². The van der Waals surface area contributed by atoms with Crippen LogP contribution < -0.4 is 26.0 Å². The normalized spacial score (nSPS) is 16.9. The molecule has 3 aromatic carbocycles. The highest BCUT2D eigenvalue weighted by molar-refractivity contribution is 6.43. The summed E-state index contributed by atoms with van der Waals surface area (Å²) in [4.78, 5) is 103. The number of piperidine rings is 1. The van der Waals surface area contributed by atoms with Gasteiger partial charge in [-0.1, -0.05) is 36.4 Å². The number of fused-ring (bicyclic) bond motifs is 2. The largest absolute Gasteiger partial charge is 0.507 e. The maximum Gasteiger partial charge on any atom is 0.269 e. The molecule has 0 aromatic heterocycles. The van der Waals surface area contributed by atoms with Gasteiger partial charge in [0, 0.05) is 51.2 Å². The third kappa shape index (κ3) is 10.1. The highest BCUT2D eigenvalue weighted by Gasteiger charge is 2.46. The number of aromatic hydroxyl groups is 1. The summed E-state index contributed by atoms with van der Waals surface area (Å²) in [5, 5.41) is 39.7. The minimum atomic E-state index is -1.14. The number of aliphatic hydroxyl groups excluding tert-OH is 1. The fraction of sp³-hybridized carbons (Fsp3) is 0.326. The van der Waals surface area contributed by atoms with E-state index in [9.17, 15) is 48.6 Å². The van der Waals surface area contributed by atoms with Crippen molar-refractivity contribution in [1.29, 1.82) is 5.41 Å². The Bertz CT molecular complexity index is 2340. The first-order valence-electron chi connectivity index (χ1n) is 19.7. The standard InChI is InChI=1S/C43H45N7O11/c1-49(41(58)27-14-12-25(21-33(27)52)32(51)22-29(44)39(56)47-30-15-13-24-7-2-3-8-26(24)30)20-19-46-35(53)11-4-5-18-45-37(55)23-61-34-10-6-9-28-38(34)43(60)50(42(28)59)31-16-17-36(54)48-40(31)57/h2-3,6-10,12,14,21-22,30-31,44,51-52H,4-5,11,13,15-20,23H2,1H3,(H,45,55)(H,46,53)(H,47,56)(H,48,54,57)/b32-22-,44-29?/t30-,31?/m1/s1. The average molecular weight is 836 g/mol. The number of nitrogens with zero attached hydrogens (tertiary/aromatic N) is 2. The first kappa shape index (κ1) is 43.2. The molecule has 0 saturated carbocycles. The summed E-state index contributed by atoms with van der Waals surface area (Å²) in [5.41, 5.74) is 1.64. The van der Waals surface area contributed by atoms with E-state index >= 15 is 0 Å². The first-order chi connectivity index (χ1) is 29.2. The summed E-state index contributed by atoms with van der Waals surface area (Å²) in [6, 6.07) is 14.5. The summed E-state index contributed by atoms with van der Waals surface area (Å²) < 4.78 is 5.57. The fourth-order valence-corrected chi connectivity index (χ4v) is 7.30. The van der Waals surface area contributed by atoms with Gasteiger partial charge >= 0.3 is 0 Å². The number of phenolic OH excluding ortho intramolecular Hbond substituents is 1. The number of ether oxygens (including phenoxy) is 1. The number of aryl methyl sites for hydroxylation is 1. The van der Waals surface area contributed by atoms with Crippen molar-refractivity contribution in [1.82, 2.24) is 31.1 Å². The van der Waals surface area contributed by atoms with Crippen LogP contribution in [0.2, 0.25) is 0 Å². The Kier molecular flexibility index (Phi) is 13.6. The van der Waals surface area contributed by atoms with Crippen molar-refractivity contribution in [3.63, 3.8) is 0 Å². The molecule has 0 bridgehead atoms. The Balaban J connectivity index is 0.865. The SMILES string of the molecule is CN(CCNC(=O)CCCCNC(=O)COc1cccc2c1C(=O)N(C1CCC(=O)NC1=O)C2=O)C(=O)c1ccc(/C(O)=C/C(=N)C(=O)N[C@@H]2CCc3ccccc32)cc1O. The van der Waals surface area contributed by atoms with Crippen LogP contribution >= 0.6 is 0 Å². The molecule has 61 heavy (non-hydrogen) atoms. The second kappa shape index (κ2) is 19.1. The number of likely N-dealkylation sites (N-methyl/N-ethyl adjacent to an activating group) is 1. The molecule has 18 nitrogen and oxygen atoms in total. The summed E-state index contributed by atoms with van der Waals surface area (Å²) in [6.45, 7) is -0.00239. The number of unbranched alkanes of at least 4 members (excludes halogenated alkanes) is 1. The molecule has 18 heteroatoms. The van der Waals surface area contributed by atoms with E-state index in [1.165, 1.54) is 42.3 Å². The lowest BCUT2D eigenvalue weighted by atomic mass is 10.0. The minimum Gasteiger partial charge on any atom is -0.507 e. The number of hydrogen-bond acceptors (Lipinski definition) is 12. The molecule has 6 rings (SSSR count). The Hall–Kier alpha value is -7.37. The lowest BCUT2D eigenvalue weighted by Crippen LogP contribution is -2.54. The van der Waals surface area contributed by atoms with E-state index in [-0.39, 0.29) is 78.8 Å². The van der Waals surface area contributed by atoms with Gasteiger partial charge in [0.15, 0.2) is 6.61 Å². The van der Waals surface area contributed by atoms with Crippen molar-refractivity contribution in [3.8, 4) is 11.5 Å². The molecule has 2 atom stereocenters. The second-order valence-electron chi connectivity index (χ2n) is 14.7. The summed E-state index contributed by atoms with van der Waals surface area (Å²) in [7, 11) is 1.49. The van der Waals surface area contributed by atoms with Gasteiger partial charge < -0.3 is 35.8 Å². The van der Waals surface area contributed by atoms with Crippen LogP contribution in [-0.2, 0) is 30.4 Å². The fourth-order valence-electron chi connectivity index (χ4n) is 7.30. The van der Waals surface area contributed by atoms with Crippen molar-refractivity contribution in [2.24, 2.45) is 0 Å². The summed E-state index contributed by atoms with van der Waals surface area (Å²) >= 11 is 0. The summed E-state index contributed by atoms with van der Waals surface area (Å²) in [5.74, 6) is -5.55. The number of carbonyl (C=O) groups excluding carboxylic acids is 8. The predicted octanol–water partition coefficient (Wildman–Crippen LogP) is 2.07. The van der Waals surface area contributed by atoms with E-state index in [4.69, 9.17) is 10.1 Å². The molecule has 1 unspecified atom stereocenters. The van der Waals surface area contributed by atoms with Gasteiger partial charge in [0.1, 0.15) is 29.0 Å². The zero-order valence-electron chi connectivity index (χ0n) is 33.2. The maximum atomic E-state index is 13.2. The number of phenols is 1. The van der Waals surface area contributed by atoms with Gasteiger partial charge in [0.2, 0.25) is 17.7 Å². The average Bonchev–Trinajstić information content (AvgIpc) is 3.76. The zero-order chi connectivity index (χ0) is 43.8. The number of rotatable bonds is 17. The van der Waals surface area contributed by atoms with E-state index in [2.05, 4.69) is 21.3 Å². The van der Waals surface area contributed by atoms with Gasteiger partial charge in [-0.05, 0) is 67.5 Å². The zero-order valence-corrected chi connectivity index (χ0v) is 33.2. The molecule has 1 saturated heterocycles. The van der Waals surface area contributed by atoms with E-state index in [0.717, 1.165) is 34.6 Å². The van der Waals surface area contributed by atoms with E-state index in [0.29, 0.717) is 19.3 Å². The topological polar surface area (TPSA) is 265 Å². The molecular weight excluding hydrogens is 791 g/mol. The lowest BCUT2D eigenvalue weighted by molar-refractivity contribution is -0.136. The minimum absolute atomic E-state index is 0.00172. The van der Waals surface area contributed by atoms with Gasteiger partial charge in [-0.15, -0.1) is 0 Å². The smallest absolute Gasteiger partial charge is 0.269 e. The number of imide groups is 2. The van der Waals surface area contributed by atoms with Gasteiger partial charge in [0.05, 0.1) is 22.7 Å². The van der Waals surface area contributed by atoms with Crippen molar-refractivity contribution < 1.29 is 53.3 Å². The summed E-state index contributed by atoms with van der Waals surface area (Å²) in [6.07, 6.45) is 3.51. The monoisotopic (exact) mass is 835 g/mol. The molecule has 3 aliphatic rings. The quantitative estimate of drug-likeness (QED) is 0.0448. The molecule has 2 heterocycles. The van der Waals surface area contributed by atoms with Gasteiger partial charge in [-0.2, -0.15) is 0 Å². The van der Waals surface area contributed by atoms with Crippen LogP contribution in [-0.4, -0.2) is 112 Å². The van der Waals surface area contributed by atoms with Crippen LogP contribution in [0, 0.1) is 5.41 Å². The molecule has 7 N–H and O–H groups in total. The Morgan fingerprint density at radius 3 is 2.48 bits per heavy atom. The molecule has 1 fully saturated rings. The molecule has 0 spiro atoms. The number of nitrogens with one attached hydrogen (secondary N) is 5. The van der Waals surface area contributed by atoms with Gasteiger partial charge in [0.25, 0.3) is 29.5 Å². The number of hydrogen-bond donors (Lipinski definition) is 7. The number of carbonyl (C=O) groups is 8. The predicted molar refractivity (Wildman–Crippen MR) is 218 cm³/mol. The molecule has 3 aromatic rings. The van der Waals surface area contributed by atoms with Gasteiger partial charge in [-0.3, -0.25) is 54.0 Å². The van der Waals surface area contributed by atoms with Crippen molar-refractivity contribution in [3.05, 3.63) is 100 Å². The van der Waals surface area contributed by atoms with Crippen molar-refractivity contribution in [2.75, 3.05) is 33.3 Å². The van der Waals surface area contributed by atoms with E-state index in [1.54, 1.807) is 0 Å².